The van der Waals surface area contributed by atoms with E-state index in [1.165, 1.54) is 12.1 Å². The summed E-state index contributed by atoms with van der Waals surface area (Å²) in [5.41, 5.74) is -0.744. The van der Waals surface area contributed by atoms with Crippen LogP contribution in [0.4, 0.5) is 13.2 Å². The van der Waals surface area contributed by atoms with Gasteiger partial charge in [0.15, 0.2) is 0 Å². The van der Waals surface area contributed by atoms with Gasteiger partial charge in [-0.1, -0.05) is 6.07 Å². The average molecular weight is 257 g/mol. The van der Waals surface area contributed by atoms with E-state index in [9.17, 15) is 18.0 Å². The van der Waals surface area contributed by atoms with Crippen LogP contribution in [0.2, 0.25) is 0 Å². The number of amides is 1. The van der Waals surface area contributed by atoms with Gasteiger partial charge in [-0.25, -0.2) is 0 Å². The van der Waals surface area contributed by atoms with Gasteiger partial charge in [0.2, 0.25) is 0 Å². The van der Waals surface area contributed by atoms with Crippen LogP contribution in [-0.2, 0) is 6.18 Å². The van der Waals surface area contributed by atoms with E-state index in [2.05, 4.69) is 5.32 Å². The molecule has 1 unspecified atom stereocenters. The molecule has 1 aromatic rings. The highest BCUT2D eigenvalue weighted by Gasteiger charge is 2.32. The molecular formula is C13H14F3NO. The number of halogens is 3. The molecule has 5 heteroatoms. The molecule has 1 fully saturated rings. The third-order valence-corrected chi connectivity index (χ3v) is 3.14. The van der Waals surface area contributed by atoms with Gasteiger partial charge in [-0.3, -0.25) is 4.79 Å². The molecular weight excluding hydrogens is 243 g/mol. The topological polar surface area (TPSA) is 29.1 Å². The molecule has 0 heterocycles. The number of carbonyl (C=O) groups is 1. The highest BCUT2D eigenvalue weighted by molar-refractivity contribution is 5.94. The van der Waals surface area contributed by atoms with Crippen LogP contribution in [0, 0.1) is 5.92 Å². The van der Waals surface area contributed by atoms with Crippen molar-refractivity contribution in [2.75, 3.05) is 0 Å². The molecule has 1 aliphatic rings. The number of hydrogen-bond donors (Lipinski definition) is 1. The monoisotopic (exact) mass is 257 g/mol. The molecule has 0 saturated heterocycles. The van der Waals surface area contributed by atoms with Gasteiger partial charge < -0.3 is 5.32 Å². The van der Waals surface area contributed by atoms with Crippen molar-refractivity contribution in [2.45, 2.75) is 32.0 Å². The van der Waals surface area contributed by atoms with Crippen molar-refractivity contribution >= 4 is 5.91 Å². The lowest BCUT2D eigenvalue weighted by Gasteiger charge is -2.13. The molecule has 18 heavy (non-hydrogen) atoms. The third kappa shape index (κ3) is 3.03. The van der Waals surface area contributed by atoms with Crippen molar-refractivity contribution in [2.24, 2.45) is 5.92 Å². The van der Waals surface area contributed by atoms with E-state index in [4.69, 9.17) is 0 Å². The normalized spacial score (nSPS) is 17.3. The first-order chi connectivity index (χ1) is 8.38. The molecule has 1 N–H and O–H groups in total. The molecule has 0 aromatic heterocycles. The number of nitrogens with one attached hydrogen (secondary N) is 1. The minimum absolute atomic E-state index is 0.0204. The predicted octanol–water partition coefficient (Wildman–Crippen LogP) is 3.23. The van der Waals surface area contributed by atoms with Crippen molar-refractivity contribution in [1.82, 2.24) is 5.32 Å². The molecule has 1 amide bonds. The van der Waals surface area contributed by atoms with Crippen molar-refractivity contribution < 1.29 is 18.0 Å². The zero-order valence-corrected chi connectivity index (χ0v) is 9.92. The summed E-state index contributed by atoms with van der Waals surface area (Å²) >= 11 is 0. The Labute approximate surface area is 103 Å². The fourth-order valence-electron chi connectivity index (χ4n) is 1.84. The Morgan fingerprint density at radius 3 is 2.61 bits per heavy atom. The predicted molar refractivity (Wildman–Crippen MR) is 61.1 cm³/mol. The summed E-state index contributed by atoms with van der Waals surface area (Å²) in [5.74, 6) is 0.0280. The van der Waals surface area contributed by atoms with Crippen LogP contribution in [0.15, 0.2) is 24.3 Å². The van der Waals surface area contributed by atoms with Crippen LogP contribution in [0.1, 0.15) is 35.7 Å². The summed E-state index contributed by atoms with van der Waals surface area (Å²) in [5, 5.41) is 2.73. The van der Waals surface area contributed by atoms with E-state index < -0.39 is 17.6 Å². The van der Waals surface area contributed by atoms with Gasteiger partial charge in [-0.05, 0) is 43.9 Å². The maximum atomic E-state index is 12.5. The highest BCUT2D eigenvalue weighted by atomic mass is 19.4. The summed E-state index contributed by atoms with van der Waals surface area (Å²) in [4.78, 5) is 11.8. The summed E-state index contributed by atoms with van der Waals surface area (Å²) in [6.07, 6.45) is -2.27. The molecule has 0 bridgehead atoms. The van der Waals surface area contributed by atoms with Crippen molar-refractivity contribution in [3.05, 3.63) is 35.4 Å². The summed E-state index contributed by atoms with van der Waals surface area (Å²) in [6, 6.07) is 4.51. The van der Waals surface area contributed by atoms with Crippen molar-refractivity contribution in [1.29, 1.82) is 0 Å². The van der Waals surface area contributed by atoms with E-state index in [1.807, 2.05) is 6.92 Å². The van der Waals surface area contributed by atoms with Gasteiger partial charge in [0, 0.05) is 11.6 Å². The Balaban J connectivity index is 2.10. The third-order valence-electron chi connectivity index (χ3n) is 3.14. The Bertz CT molecular complexity index is 452. The van der Waals surface area contributed by atoms with Gasteiger partial charge in [0.1, 0.15) is 0 Å². The van der Waals surface area contributed by atoms with Gasteiger partial charge in [-0.15, -0.1) is 0 Å². The lowest BCUT2D eigenvalue weighted by Crippen LogP contribution is -2.34. The summed E-state index contributed by atoms with van der Waals surface area (Å²) in [6.45, 7) is 1.88. The SMILES string of the molecule is CC(NC(=O)c1cccc(C(F)(F)F)c1)C1CC1. The van der Waals surface area contributed by atoms with Gasteiger partial charge in [0.25, 0.3) is 5.91 Å². The van der Waals surface area contributed by atoms with E-state index in [-0.39, 0.29) is 11.6 Å². The Morgan fingerprint density at radius 2 is 2.06 bits per heavy atom. The van der Waals surface area contributed by atoms with Crippen LogP contribution < -0.4 is 5.32 Å². The quantitative estimate of drug-likeness (QED) is 0.885. The molecule has 1 atom stereocenters. The van der Waals surface area contributed by atoms with Gasteiger partial charge in [-0.2, -0.15) is 13.2 Å². The standard InChI is InChI=1S/C13H14F3NO/c1-8(9-5-6-9)17-12(18)10-3-2-4-11(7-10)13(14,15)16/h2-4,7-9H,5-6H2,1H3,(H,17,18). The van der Waals surface area contributed by atoms with E-state index in [0.717, 1.165) is 25.0 Å². The second-order valence-corrected chi connectivity index (χ2v) is 4.68. The summed E-state index contributed by atoms with van der Waals surface area (Å²) in [7, 11) is 0. The molecule has 2 nitrogen and oxygen atoms in total. The van der Waals surface area contributed by atoms with E-state index in [1.54, 1.807) is 0 Å². The molecule has 1 saturated carbocycles. The number of hydrogen-bond acceptors (Lipinski definition) is 1. The van der Waals surface area contributed by atoms with E-state index >= 15 is 0 Å². The van der Waals surface area contributed by atoms with Crippen molar-refractivity contribution in [3.8, 4) is 0 Å². The summed E-state index contributed by atoms with van der Waals surface area (Å²) < 4.78 is 37.5. The fraction of sp³-hybridized carbons (Fsp3) is 0.462. The molecule has 0 radical (unpaired) electrons. The second kappa shape index (κ2) is 4.63. The van der Waals surface area contributed by atoms with Crippen molar-refractivity contribution in [3.63, 3.8) is 0 Å². The number of carbonyl (C=O) groups excluding carboxylic acids is 1. The molecule has 98 valence electrons. The first-order valence-electron chi connectivity index (χ1n) is 5.86. The van der Waals surface area contributed by atoms with Gasteiger partial charge in [0.05, 0.1) is 5.56 Å². The average Bonchev–Trinajstić information content (AvgIpc) is 3.11. The molecule has 1 aliphatic carbocycles. The lowest BCUT2D eigenvalue weighted by molar-refractivity contribution is -0.137. The Hall–Kier alpha value is -1.52. The maximum absolute atomic E-state index is 12.5. The molecule has 1 aromatic carbocycles. The number of rotatable bonds is 3. The Morgan fingerprint density at radius 1 is 1.39 bits per heavy atom. The van der Waals surface area contributed by atoms with E-state index in [0.29, 0.717) is 5.92 Å². The van der Waals surface area contributed by atoms with Crippen LogP contribution >= 0.6 is 0 Å². The number of alkyl halides is 3. The minimum atomic E-state index is -4.42. The van der Waals surface area contributed by atoms with Crippen LogP contribution in [0.25, 0.3) is 0 Å². The lowest BCUT2D eigenvalue weighted by atomic mass is 10.1. The van der Waals surface area contributed by atoms with Crippen LogP contribution in [0.5, 0.6) is 0 Å². The molecule has 0 spiro atoms. The first-order valence-corrected chi connectivity index (χ1v) is 5.86. The van der Waals surface area contributed by atoms with Crippen LogP contribution in [0.3, 0.4) is 0 Å². The number of benzene rings is 1. The van der Waals surface area contributed by atoms with Gasteiger partial charge >= 0.3 is 6.18 Å². The second-order valence-electron chi connectivity index (χ2n) is 4.68. The first kappa shape index (κ1) is 12.9. The zero-order chi connectivity index (χ0) is 13.3. The van der Waals surface area contributed by atoms with Crippen LogP contribution in [-0.4, -0.2) is 11.9 Å². The molecule has 0 aliphatic heterocycles. The fourth-order valence-corrected chi connectivity index (χ4v) is 1.84. The highest BCUT2D eigenvalue weighted by Crippen LogP contribution is 2.32. The zero-order valence-electron chi connectivity index (χ0n) is 9.92. The Kier molecular flexibility index (Phi) is 3.32. The largest absolute Gasteiger partial charge is 0.416 e. The maximum Gasteiger partial charge on any atom is 0.416 e. The molecule has 2 rings (SSSR count). The smallest absolute Gasteiger partial charge is 0.349 e. The minimum Gasteiger partial charge on any atom is -0.349 e.